The molecule has 0 radical (unpaired) electrons. The quantitative estimate of drug-likeness (QED) is 0.889. The molecular formula is C14H16N4O2. The zero-order valence-corrected chi connectivity index (χ0v) is 11.2. The van der Waals surface area contributed by atoms with E-state index in [1.807, 2.05) is 6.92 Å². The van der Waals surface area contributed by atoms with Gasteiger partial charge in [-0.3, -0.25) is 9.59 Å². The third-order valence-electron chi connectivity index (χ3n) is 3.64. The van der Waals surface area contributed by atoms with E-state index in [0.717, 1.165) is 17.5 Å². The van der Waals surface area contributed by atoms with Crippen LogP contribution in [0.5, 0.6) is 0 Å². The Labute approximate surface area is 115 Å². The highest BCUT2D eigenvalue weighted by Gasteiger charge is 2.28. The van der Waals surface area contributed by atoms with Crippen molar-refractivity contribution in [3.8, 4) is 0 Å². The lowest BCUT2D eigenvalue weighted by Crippen LogP contribution is -2.39. The van der Waals surface area contributed by atoms with Crippen molar-refractivity contribution < 1.29 is 4.79 Å². The van der Waals surface area contributed by atoms with E-state index < -0.39 is 0 Å². The molecule has 104 valence electrons. The molecule has 3 rings (SSSR count). The Balaban J connectivity index is 1.78. The second-order valence-corrected chi connectivity index (χ2v) is 5.26. The fourth-order valence-electron chi connectivity index (χ4n) is 2.28. The van der Waals surface area contributed by atoms with Gasteiger partial charge in [0.25, 0.3) is 5.56 Å². The van der Waals surface area contributed by atoms with Crippen LogP contribution in [0.15, 0.2) is 29.1 Å². The third kappa shape index (κ3) is 2.54. The van der Waals surface area contributed by atoms with Gasteiger partial charge in [0.1, 0.15) is 12.1 Å². The molecule has 1 fully saturated rings. The topological polar surface area (TPSA) is 76.9 Å². The summed E-state index contributed by atoms with van der Waals surface area (Å²) in [7, 11) is 0. The van der Waals surface area contributed by atoms with Crippen LogP contribution in [0.4, 0.5) is 0 Å². The van der Waals surface area contributed by atoms with Crippen molar-refractivity contribution in [1.29, 1.82) is 0 Å². The number of carbonyl (C=O) groups excluding carboxylic acids is 1. The molecule has 1 aromatic heterocycles. The molecule has 1 unspecified atom stereocenters. The molecule has 1 amide bonds. The lowest BCUT2D eigenvalue weighted by Gasteiger charge is -2.12. The largest absolute Gasteiger partial charge is 0.352 e. The zero-order chi connectivity index (χ0) is 14.1. The number of fused-ring (bicyclic) bond motifs is 1. The first-order chi connectivity index (χ1) is 9.65. The average Bonchev–Trinajstić information content (AvgIpc) is 3.27. The van der Waals surface area contributed by atoms with Crippen molar-refractivity contribution in [2.45, 2.75) is 32.4 Å². The number of hydrogen-bond donors (Lipinski definition) is 1. The predicted octanol–water partition coefficient (Wildman–Crippen LogP) is 0.706. The first-order valence-electron chi connectivity index (χ1n) is 6.77. The van der Waals surface area contributed by atoms with Crippen molar-refractivity contribution >= 4 is 16.8 Å². The lowest BCUT2D eigenvalue weighted by molar-refractivity contribution is -0.122. The minimum absolute atomic E-state index is 0.0896. The first kappa shape index (κ1) is 12.8. The summed E-state index contributed by atoms with van der Waals surface area (Å²) in [5.41, 5.74) is 0.255. The van der Waals surface area contributed by atoms with Gasteiger partial charge in [-0.15, -0.1) is 5.10 Å². The fraction of sp³-hybridized carbons (Fsp3) is 0.429. The number of aromatic nitrogens is 3. The van der Waals surface area contributed by atoms with Gasteiger partial charge in [-0.05, 0) is 37.8 Å². The van der Waals surface area contributed by atoms with Crippen LogP contribution >= 0.6 is 0 Å². The summed E-state index contributed by atoms with van der Waals surface area (Å²) >= 11 is 0. The number of carbonyl (C=O) groups is 1. The van der Waals surface area contributed by atoms with Crippen LogP contribution in [0.3, 0.4) is 0 Å². The van der Waals surface area contributed by atoms with Gasteiger partial charge in [-0.25, -0.2) is 4.68 Å². The van der Waals surface area contributed by atoms with Crippen LogP contribution < -0.4 is 10.9 Å². The molecule has 6 heteroatoms. The average molecular weight is 272 g/mol. The van der Waals surface area contributed by atoms with Gasteiger partial charge in [0.2, 0.25) is 5.91 Å². The van der Waals surface area contributed by atoms with Gasteiger partial charge >= 0.3 is 0 Å². The molecule has 0 saturated heterocycles. The number of hydrogen-bond acceptors (Lipinski definition) is 4. The lowest BCUT2D eigenvalue weighted by atomic mass is 10.2. The number of rotatable bonds is 4. The van der Waals surface area contributed by atoms with E-state index in [1.165, 1.54) is 0 Å². The van der Waals surface area contributed by atoms with E-state index in [2.05, 4.69) is 15.6 Å². The SMILES string of the molecule is CC(NC(=O)Cn1nnc2ccccc2c1=O)C1CC1. The number of nitrogens with zero attached hydrogens (tertiary/aromatic N) is 3. The van der Waals surface area contributed by atoms with Gasteiger partial charge in [-0.2, -0.15) is 0 Å². The maximum absolute atomic E-state index is 12.2. The maximum Gasteiger partial charge on any atom is 0.278 e. The normalized spacial score (nSPS) is 16.1. The molecule has 2 aromatic rings. The van der Waals surface area contributed by atoms with Gasteiger partial charge < -0.3 is 5.32 Å². The second kappa shape index (κ2) is 5.03. The summed E-state index contributed by atoms with van der Waals surface area (Å²) < 4.78 is 1.11. The minimum atomic E-state index is -0.287. The predicted molar refractivity (Wildman–Crippen MR) is 74.1 cm³/mol. The van der Waals surface area contributed by atoms with Crippen LogP contribution in [-0.4, -0.2) is 26.9 Å². The van der Waals surface area contributed by atoms with Gasteiger partial charge in [0.05, 0.1) is 5.39 Å². The van der Waals surface area contributed by atoms with Crippen molar-refractivity contribution in [3.05, 3.63) is 34.6 Å². The van der Waals surface area contributed by atoms with Crippen LogP contribution in [0.2, 0.25) is 0 Å². The van der Waals surface area contributed by atoms with Crippen LogP contribution in [0.25, 0.3) is 10.9 Å². The minimum Gasteiger partial charge on any atom is -0.352 e. The van der Waals surface area contributed by atoms with E-state index in [4.69, 9.17) is 0 Å². The molecule has 1 aromatic carbocycles. The molecule has 0 spiro atoms. The Morgan fingerprint density at radius 2 is 2.20 bits per heavy atom. The third-order valence-corrected chi connectivity index (χ3v) is 3.64. The molecular weight excluding hydrogens is 256 g/mol. The van der Waals surface area contributed by atoms with E-state index in [9.17, 15) is 9.59 Å². The second-order valence-electron chi connectivity index (χ2n) is 5.26. The van der Waals surface area contributed by atoms with Crippen molar-refractivity contribution in [3.63, 3.8) is 0 Å². The highest BCUT2D eigenvalue weighted by Crippen LogP contribution is 2.32. The van der Waals surface area contributed by atoms with Crippen LogP contribution in [-0.2, 0) is 11.3 Å². The molecule has 1 atom stereocenters. The Morgan fingerprint density at radius 3 is 2.95 bits per heavy atom. The fourth-order valence-corrected chi connectivity index (χ4v) is 2.28. The zero-order valence-electron chi connectivity index (χ0n) is 11.2. The van der Waals surface area contributed by atoms with Crippen molar-refractivity contribution in [2.24, 2.45) is 5.92 Å². The molecule has 1 N–H and O–H groups in total. The highest BCUT2D eigenvalue weighted by molar-refractivity contribution is 5.78. The monoisotopic (exact) mass is 272 g/mol. The van der Waals surface area contributed by atoms with Gasteiger partial charge in [-0.1, -0.05) is 17.3 Å². The standard InChI is InChI=1S/C14H16N4O2/c1-9(10-6-7-10)15-13(19)8-18-14(20)11-4-2-3-5-12(11)16-17-18/h2-5,9-10H,6-8H2,1H3,(H,15,19). The van der Waals surface area contributed by atoms with E-state index >= 15 is 0 Å². The summed E-state index contributed by atoms with van der Waals surface area (Å²) in [6.07, 6.45) is 2.33. The molecule has 1 aliphatic carbocycles. The maximum atomic E-state index is 12.2. The summed E-state index contributed by atoms with van der Waals surface area (Å²) in [6, 6.07) is 7.14. The Kier molecular flexibility index (Phi) is 3.22. The van der Waals surface area contributed by atoms with Crippen molar-refractivity contribution in [1.82, 2.24) is 20.3 Å². The summed E-state index contributed by atoms with van der Waals surface area (Å²) in [6.45, 7) is 1.90. The van der Waals surface area contributed by atoms with E-state index in [1.54, 1.807) is 24.3 Å². The van der Waals surface area contributed by atoms with Gasteiger partial charge in [0.15, 0.2) is 0 Å². The number of amides is 1. The number of nitrogens with one attached hydrogen (secondary N) is 1. The Bertz CT molecular complexity index is 706. The van der Waals surface area contributed by atoms with Gasteiger partial charge in [0, 0.05) is 6.04 Å². The summed E-state index contributed by atoms with van der Waals surface area (Å²) in [4.78, 5) is 24.1. The Morgan fingerprint density at radius 1 is 1.45 bits per heavy atom. The molecule has 1 aliphatic rings. The molecule has 0 bridgehead atoms. The van der Waals surface area contributed by atoms with Crippen LogP contribution in [0, 0.1) is 5.92 Å². The molecule has 0 aliphatic heterocycles. The molecule has 20 heavy (non-hydrogen) atoms. The summed E-state index contributed by atoms with van der Waals surface area (Å²) in [5, 5.41) is 11.1. The molecule has 1 heterocycles. The highest BCUT2D eigenvalue weighted by atomic mass is 16.2. The van der Waals surface area contributed by atoms with E-state index in [0.29, 0.717) is 16.8 Å². The summed E-state index contributed by atoms with van der Waals surface area (Å²) in [5.74, 6) is 0.384. The van der Waals surface area contributed by atoms with Crippen molar-refractivity contribution in [2.75, 3.05) is 0 Å². The molecule has 6 nitrogen and oxygen atoms in total. The first-order valence-corrected chi connectivity index (χ1v) is 6.77. The smallest absolute Gasteiger partial charge is 0.278 e. The Hall–Kier alpha value is -2.24. The number of benzene rings is 1. The van der Waals surface area contributed by atoms with Crippen LogP contribution in [0.1, 0.15) is 19.8 Å². The molecule has 1 saturated carbocycles. The van der Waals surface area contributed by atoms with E-state index in [-0.39, 0.29) is 24.1 Å².